The number of carbonyl (C=O) groups excluding carboxylic acids is 1. The molecule has 5 nitrogen and oxygen atoms in total. The molecule has 156 valence electrons. The number of carbonyl (C=O) groups is 1. The quantitative estimate of drug-likeness (QED) is 0.686. The van der Waals surface area contributed by atoms with Gasteiger partial charge in [-0.15, -0.1) is 23.1 Å². The van der Waals surface area contributed by atoms with E-state index in [9.17, 15) is 10.1 Å². The van der Waals surface area contributed by atoms with Gasteiger partial charge in [0.1, 0.15) is 5.82 Å². The van der Waals surface area contributed by atoms with Crippen LogP contribution in [0.5, 0.6) is 0 Å². The molecule has 1 atom stereocenters. The molecule has 2 heterocycles. The van der Waals surface area contributed by atoms with E-state index in [4.69, 9.17) is 5.73 Å². The van der Waals surface area contributed by atoms with Crippen LogP contribution in [0.2, 0.25) is 0 Å². The lowest BCUT2D eigenvalue weighted by molar-refractivity contribution is -0.119. The Hall–Kier alpha value is -1.75. The van der Waals surface area contributed by atoms with Gasteiger partial charge in [0.15, 0.2) is 5.78 Å². The van der Waals surface area contributed by atoms with Crippen molar-refractivity contribution in [3.8, 4) is 6.07 Å². The Kier molecular flexibility index (Phi) is 6.19. The predicted molar refractivity (Wildman–Crippen MR) is 120 cm³/mol. The highest BCUT2D eigenvalue weighted by Gasteiger charge is 2.45. The first-order valence-corrected chi connectivity index (χ1v) is 11.8. The summed E-state index contributed by atoms with van der Waals surface area (Å²) in [7, 11) is 3.80. The fourth-order valence-electron chi connectivity index (χ4n) is 4.32. The van der Waals surface area contributed by atoms with Gasteiger partial charge in [-0.05, 0) is 35.6 Å². The number of thiophene rings is 1. The molecule has 0 spiro atoms. The molecule has 29 heavy (non-hydrogen) atoms. The van der Waals surface area contributed by atoms with Crippen LogP contribution in [0.25, 0.3) is 0 Å². The van der Waals surface area contributed by atoms with Crippen LogP contribution in [0.3, 0.4) is 0 Å². The second kappa shape index (κ2) is 8.17. The maximum atomic E-state index is 13.4. The molecule has 0 bridgehead atoms. The molecule has 1 aliphatic heterocycles. The van der Waals surface area contributed by atoms with Crippen molar-refractivity contribution in [2.45, 2.75) is 57.1 Å². The normalized spacial score (nSPS) is 21.7. The first kappa shape index (κ1) is 21.9. The van der Waals surface area contributed by atoms with E-state index in [-0.39, 0.29) is 17.1 Å². The fraction of sp³-hybridized carbons (Fsp3) is 0.545. The number of hydrazine groups is 1. The number of hydrogen-bond acceptors (Lipinski definition) is 7. The average molecular weight is 431 g/mol. The van der Waals surface area contributed by atoms with E-state index >= 15 is 0 Å². The van der Waals surface area contributed by atoms with Gasteiger partial charge in [0, 0.05) is 36.7 Å². The van der Waals surface area contributed by atoms with Gasteiger partial charge < -0.3 is 5.73 Å². The van der Waals surface area contributed by atoms with Crippen LogP contribution in [-0.2, 0) is 11.2 Å². The first-order chi connectivity index (χ1) is 13.6. The third-order valence-corrected chi connectivity index (χ3v) is 7.94. The van der Waals surface area contributed by atoms with Crippen molar-refractivity contribution in [1.82, 2.24) is 10.0 Å². The highest BCUT2D eigenvalue weighted by Crippen LogP contribution is 2.51. The minimum atomic E-state index is -0.375. The van der Waals surface area contributed by atoms with Gasteiger partial charge >= 0.3 is 0 Å². The lowest BCUT2D eigenvalue weighted by atomic mass is 9.69. The Morgan fingerprint density at radius 2 is 2.07 bits per heavy atom. The molecule has 3 rings (SSSR count). The van der Waals surface area contributed by atoms with Crippen LogP contribution >= 0.6 is 23.1 Å². The Balaban J connectivity index is 2.30. The van der Waals surface area contributed by atoms with Crippen molar-refractivity contribution in [1.29, 1.82) is 5.26 Å². The Morgan fingerprint density at radius 3 is 2.62 bits per heavy atom. The van der Waals surface area contributed by atoms with Crippen molar-refractivity contribution in [3.63, 3.8) is 0 Å². The van der Waals surface area contributed by atoms with Gasteiger partial charge in [0.25, 0.3) is 0 Å². The van der Waals surface area contributed by atoms with E-state index in [1.165, 1.54) is 9.09 Å². The van der Waals surface area contributed by atoms with Crippen molar-refractivity contribution < 1.29 is 4.79 Å². The molecule has 0 amide bonds. The molecular formula is C22H30N4OS2. The molecular weight excluding hydrogens is 400 g/mol. The summed E-state index contributed by atoms with van der Waals surface area (Å²) < 4.78 is 1.19. The van der Waals surface area contributed by atoms with Gasteiger partial charge in [-0.2, -0.15) is 5.26 Å². The monoisotopic (exact) mass is 430 g/mol. The van der Waals surface area contributed by atoms with Crippen LogP contribution in [-0.4, -0.2) is 35.6 Å². The number of ketones is 1. The van der Waals surface area contributed by atoms with Crippen LogP contribution in [0.4, 0.5) is 0 Å². The zero-order valence-corrected chi connectivity index (χ0v) is 19.8. The average Bonchev–Trinajstić information content (AvgIpc) is 3.02. The summed E-state index contributed by atoms with van der Waals surface area (Å²) >= 11 is 3.55. The molecule has 1 aromatic heterocycles. The van der Waals surface area contributed by atoms with E-state index in [1.807, 2.05) is 24.1 Å². The van der Waals surface area contributed by atoms with Crippen molar-refractivity contribution in [3.05, 3.63) is 39.2 Å². The van der Waals surface area contributed by atoms with E-state index in [2.05, 4.69) is 39.8 Å². The zero-order chi connectivity index (χ0) is 21.5. The van der Waals surface area contributed by atoms with Crippen LogP contribution in [0, 0.1) is 16.7 Å². The minimum Gasteiger partial charge on any atom is -0.383 e. The van der Waals surface area contributed by atoms with E-state index in [0.717, 1.165) is 35.4 Å². The van der Waals surface area contributed by atoms with Crippen LogP contribution < -0.4 is 5.73 Å². The lowest BCUT2D eigenvalue weighted by Crippen LogP contribution is -2.47. The number of aryl methyl sites for hydroxylation is 1. The third-order valence-electron chi connectivity index (χ3n) is 5.46. The highest BCUT2D eigenvalue weighted by atomic mass is 32.2. The number of nitrogens with two attached hydrogens (primary N) is 1. The van der Waals surface area contributed by atoms with E-state index in [1.54, 1.807) is 23.1 Å². The summed E-state index contributed by atoms with van der Waals surface area (Å²) in [5, 5.41) is 13.8. The molecule has 2 aliphatic rings. The molecule has 1 aliphatic carbocycles. The van der Waals surface area contributed by atoms with E-state index < -0.39 is 0 Å². The minimum absolute atomic E-state index is 0.130. The van der Waals surface area contributed by atoms with Gasteiger partial charge in [-0.25, -0.2) is 5.01 Å². The number of allylic oxidation sites excluding steroid dienone is 3. The predicted octanol–water partition coefficient (Wildman–Crippen LogP) is 4.64. The number of rotatable bonds is 5. The first-order valence-electron chi connectivity index (χ1n) is 10.0. The Morgan fingerprint density at radius 1 is 1.38 bits per heavy atom. The van der Waals surface area contributed by atoms with Crippen molar-refractivity contribution >= 4 is 28.9 Å². The number of nitriles is 1. The highest BCUT2D eigenvalue weighted by molar-refractivity contribution is 8.01. The maximum absolute atomic E-state index is 13.4. The number of thioether (sulfide) groups is 1. The molecule has 2 N–H and O–H groups in total. The lowest BCUT2D eigenvalue weighted by Gasteiger charge is -2.45. The number of Topliss-reactive ketones (excluding diaryl/α,β-unsaturated/α-hetero) is 1. The smallest absolute Gasteiger partial charge is 0.162 e. The summed E-state index contributed by atoms with van der Waals surface area (Å²) in [5.74, 6) is 1.13. The Bertz CT molecular complexity index is 933. The molecule has 0 aromatic carbocycles. The number of hydrogen-bond donors (Lipinski definition) is 1. The van der Waals surface area contributed by atoms with Gasteiger partial charge in [0.05, 0.1) is 21.8 Å². The zero-order valence-electron chi connectivity index (χ0n) is 18.1. The topological polar surface area (TPSA) is 73.4 Å². The van der Waals surface area contributed by atoms with Crippen molar-refractivity contribution in [2.75, 3.05) is 19.8 Å². The molecule has 0 fully saturated rings. The fourth-order valence-corrected chi connectivity index (χ4v) is 6.70. The Labute approximate surface area is 182 Å². The number of nitrogens with zero attached hydrogens (tertiary/aromatic N) is 3. The van der Waals surface area contributed by atoms with Gasteiger partial charge in [-0.3, -0.25) is 9.80 Å². The third kappa shape index (κ3) is 3.86. The summed E-state index contributed by atoms with van der Waals surface area (Å²) in [5.41, 5.74) is 9.66. The molecule has 0 saturated heterocycles. The van der Waals surface area contributed by atoms with Crippen LogP contribution in [0.15, 0.2) is 32.9 Å². The SMILES string of the molecule is CCSc1sc(CC)cc1[C@@H]1C(C#N)=C(N)N(N(C)C)C2=C1C(=O)CC(C)(C)C2. The molecule has 0 unspecified atom stereocenters. The summed E-state index contributed by atoms with van der Waals surface area (Å²) in [6, 6.07) is 4.53. The molecule has 0 radical (unpaired) electrons. The summed E-state index contributed by atoms with van der Waals surface area (Å²) in [6.07, 6.45) is 2.18. The van der Waals surface area contributed by atoms with Gasteiger partial charge in [-0.1, -0.05) is 27.7 Å². The second-order valence-electron chi connectivity index (χ2n) is 8.55. The maximum Gasteiger partial charge on any atom is 0.162 e. The summed E-state index contributed by atoms with van der Waals surface area (Å²) in [6.45, 7) is 8.51. The van der Waals surface area contributed by atoms with Gasteiger partial charge in [0.2, 0.25) is 0 Å². The second-order valence-corrected chi connectivity index (χ2v) is 11.2. The standard InChI is InChI=1S/C22H30N4OS2/c1-7-13-9-14(21(29-13)28-8-2)18-15(12-23)20(24)26(25(5)6)16-10-22(3,4)11-17(27)19(16)18/h9,18H,7-8,10-11,24H2,1-6H3/t18-/m1/s1. The largest absolute Gasteiger partial charge is 0.383 e. The van der Waals surface area contributed by atoms with Crippen molar-refractivity contribution in [2.24, 2.45) is 11.1 Å². The molecule has 0 saturated carbocycles. The molecule has 7 heteroatoms. The summed E-state index contributed by atoms with van der Waals surface area (Å²) in [4.78, 5) is 14.7. The van der Waals surface area contributed by atoms with E-state index in [0.29, 0.717) is 17.8 Å². The van der Waals surface area contributed by atoms with Crippen LogP contribution in [0.1, 0.15) is 56.9 Å². The molecule has 1 aromatic rings.